The zero-order valence-corrected chi connectivity index (χ0v) is 19.0. The third kappa shape index (κ3) is 5.44. The number of carboxylic acid groups (broad SMARTS) is 1. The number of amides is 2. The molecule has 0 radical (unpaired) electrons. The van der Waals surface area contributed by atoms with Gasteiger partial charge in [0.1, 0.15) is 18.9 Å². The largest absolute Gasteiger partial charge is 0.488 e. The topological polar surface area (TPSA) is 83.9 Å². The first-order valence-electron chi connectivity index (χ1n) is 8.08. The van der Waals surface area contributed by atoms with E-state index in [1.165, 1.54) is 0 Å². The lowest BCUT2D eigenvalue weighted by Crippen LogP contribution is -2.33. The number of hydrogen-bond donors (Lipinski definition) is 1. The minimum absolute atomic E-state index is 0.177. The molecular formula is C19H12Cl2INO5S. The Hall–Kier alpha value is -1.75. The quantitative estimate of drug-likeness (QED) is 0.379. The number of carbonyl (C=O) groups is 3. The van der Waals surface area contributed by atoms with Crippen molar-refractivity contribution in [2.75, 3.05) is 6.54 Å². The molecule has 0 atom stereocenters. The number of nitrogens with zero attached hydrogens (tertiary/aromatic N) is 1. The fourth-order valence-corrected chi connectivity index (χ4v) is 4.29. The molecule has 1 fully saturated rings. The molecule has 10 heteroatoms. The van der Waals surface area contributed by atoms with Crippen molar-refractivity contribution in [2.45, 2.75) is 6.61 Å². The summed E-state index contributed by atoms with van der Waals surface area (Å²) < 4.78 is 6.62. The van der Waals surface area contributed by atoms with Gasteiger partial charge in [0.15, 0.2) is 0 Å². The van der Waals surface area contributed by atoms with E-state index in [1.54, 1.807) is 36.4 Å². The van der Waals surface area contributed by atoms with E-state index in [-0.39, 0.29) is 4.91 Å². The Bertz CT molecular complexity index is 1040. The molecule has 0 aliphatic carbocycles. The molecule has 1 aliphatic heterocycles. The summed E-state index contributed by atoms with van der Waals surface area (Å²) in [6.07, 6.45) is 1.55. The second kappa shape index (κ2) is 9.38. The highest BCUT2D eigenvalue weighted by molar-refractivity contribution is 14.1. The van der Waals surface area contributed by atoms with Crippen LogP contribution in [0.2, 0.25) is 10.0 Å². The highest BCUT2D eigenvalue weighted by Crippen LogP contribution is 2.33. The first-order chi connectivity index (χ1) is 13.7. The monoisotopic (exact) mass is 563 g/mol. The molecule has 150 valence electrons. The highest BCUT2D eigenvalue weighted by Gasteiger charge is 2.36. The lowest BCUT2D eigenvalue weighted by atomic mass is 10.2. The maximum atomic E-state index is 12.2. The normalized spacial score (nSPS) is 15.3. The van der Waals surface area contributed by atoms with Crippen LogP contribution in [0.1, 0.15) is 11.1 Å². The average molecular weight is 564 g/mol. The summed E-state index contributed by atoms with van der Waals surface area (Å²) in [6, 6.07) is 10.6. The van der Waals surface area contributed by atoms with E-state index in [1.807, 2.05) is 6.07 Å². The van der Waals surface area contributed by atoms with Crippen LogP contribution in [0.4, 0.5) is 4.79 Å². The fraction of sp³-hybridized carbons (Fsp3) is 0.105. The van der Waals surface area contributed by atoms with Crippen LogP contribution in [0, 0.1) is 3.57 Å². The van der Waals surface area contributed by atoms with Gasteiger partial charge in [-0.05, 0) is 75.8 Å². The van der Waals surface area contributed by atoms with E-state index in [0.29, 0.717) is 44.6 Å². The van der Waals surface area contributed by atoms with Gasteiger partial charge in [0.05, 0.1) is 18.5 Å². The number of hydrogen-bond acceptors (Lipinski definition) is 5. The molecule has 2 aromatic rings. The molecule has 3 rings (SSSR count). The van der Waals surface area contributed by atoms with Gasteiger partial charge < -0.3 is 9.84 Å². The van der Waals surface area contributed by atoms with Crippen LogP contribution in [0.15, 0.2) is 41.3 Å². The van der Waals surface area contributed by atoms with Crippen LogP contribution >= 0.6 is 57.6 Å². The zero-order chi connectivity index (χ0) is 21.1. The van der Waals surface area contributed by atoms with Gasteiger partial charge in [-0.15, -0.1) is 0 Å². The molecule has 29 heavy (non-hydrogen) atoms. The minimum Gasteiger partial charge on any atom is -0.488 e. The van der Waals surface area contributed by atoms with Gasteiger partial charge in [0.25, 0.3) is 11.1 Å². The van der Waals surface area contributed by atoms with Crippen molar-refractivity contribution in [3.8, 4) is 5.75 Å². The molecule has 0 bridgehead atoms. The lowest BCUT2D eigenvalue weighted by Gasteiger charge is -2.10. The van der Waals surface area contributed by atoms with Gasteiger partial charge in [-0.1, -0.05) is 35.3 Å². The minimum atomic E-state index is -1.24. The summed E-state index contributed by atoms with van der Waals surface area (Å²) in [7, 11) is 0. The summed E-state index contributed by atoms with van der Waals surface area (Å²) in [5.74, 6) is -1.21. The summed E-state index contributed by atoms with van der Waals surface area (Å²) in [6.45, 7) is -0.346. The van der Waals surface area contributed by atoms with Crippen LogP contribution in [-0.4, -0.2) is 33.7 Å². The van der Waals surface area contributed by atoms with Crippen LogP contribution < -0.4 is 4.74 Å². The third-order valence-corrected chi connectivity index (χ3v) is 6.29. The number of carboxylic acids is 1. The zero-order valence-electron chi connectivity index (χ0n) is 14.5. The van der Waals surface area contributed by atoms with Crippen molar-refractivity contribution in [3.05, 3.63) is 66.0 Å². The molecule has 0 aromatic heterocycles. The SMILES string of the molecule is O=C(O)CN1C(=O)S/C(=C/c2ccc(OCc3ccc(Cl)c(Cl)c3)c(I)c2)C1=O. The Morgan fingerprint density at radius 1 is 1.17 bits per heavy atom. The molecule has 1 N–H and O–H groups in total. The van der Waals surface area contributed by atoms with Crippen LogP contribution in [-0.2, 0) is 16.2 Å². The van der Waals surface area contributed by atoms with Crippen molar-refractivity contribution < 1.29 is 24.2 Å². The number of ether oxygens (including phenoxy) is 1. The summed E-state index contributed by atoms with van der Waals surface area (Å²) in [5.41, 5.74) is 1.56. The fourth-order valence-electron chi connectivity index (χ4n) is 2.44. The number of benzene rings is 2. The number of rotatable bonds is 6. The van der Waals surface area contributed by atoms with Crippen LogP contribution in [0.5, 0.6) is 5.75 Å². The van der Waals surface area contributed by atoms with E-state index < -0.39 is 23.7 Å². The Balaban J connectivity index is 1.71. The first-order valence-corrected chi connectivity index (χ1v) is 10.7. The van der Waals surface area contributed by atoms with Crippen molar-refractivity contribution in [2.24, 2.45) is 0 Å². The molecular weight excluding hydrogens is 552 g/mol. The second-order valence-electron chi connectivity index (χ2n) is 5.89. The van der Waals surface area contributed by atoms with Crippen molar-refractivity contribution in [1.29, 1.82) is 0 Å². The lowest BCUT2D eigenvalue weighted by molar-refractivity contribution is -0.140. The van der Waals surface area contributed by atoms with Gasteiger partial charge in [-0.25, -0.2) is 0 Å². The van der Waals surface area contributed by atoms with Gasteiger partial charge in [-0.2, -0.15) is 0 Å². The van der Waals surface area contributed by atoms with Crippen LogP contribution in [0.3, 0.4) is 0 Å². The molecule has 1 heterocycles. The number of halogens is 3. The van der Waals surface area contributed by atoms with Gasteiger partial charge in [0.2, 0.25) is 0 Å². The van der Waals surface area contributed by atoms with Crippen molar-refractivity contribution >= 4 is 80.7 Å². The maximum Gasteiger partial charge on any atom is 0.323 e. The molecule has 1 aliphatic rings. The third-order valence-electron chi connectivity index (χ3n) is 3.80. The standard InChI is InChI=1S/C19H12Cl2INO5S/c20-12-3-1-11(5-13(12)21)9-28-15-4-2-10(6-14(15)22)7-16-18(26)23(8-17(24)25)19(27)29-16/h1-7H,8-9H2,(H,24,25)/b16-7+. The maximum absolute atomic E-state index is 12.2. The Morgan fingerprint density at radius 3 is 2.59 bits per heavy atom. The molecule has 0 spiro atoms. The van der Waals surface area contributed by atoms with E-state index in [0.717, 1.165) is 9.13 Å². The number of aliphatic carboxylic acids is 1. The molecule has 1 saturated heterocycles. The van der Waals surface area contributed by atoms with E-state index in [9.17, 15) is 14.4 Å². The molecule has 0 saturated carbocycles. The second-order valence-corrected chi connectivity index (χ2v) is 8.86. The van der Waals surface area contributed by atoms with Crippen LogP contribution in [0.25, 0.3) is 6.08 Å². The highest BCUT2D eigenvalue weighted by atomic mass is 127. The van der Waals surface area contributed by atoms with Gasteiger partial charge in [-0.3, -0.25) is 19.3 Å². The van der Waals surface area contributed by atoms with E-state index in [2.05, 4.69) is 22.6 Å². The first kappa shape index (κ1) is 21.9. The average Bonchev–Trinajstić information content (AvgIpc) is 2.91. The molecule has 0 unspecified atom stereocenters. The predicted octanol–water partition coefficient (Wildman–Crippen LogP) is 5.30. The van der Waals surface area contributed by atoms with E-state index >= 15 is 0 Å². The number of carbonyl (C=O) groups excluding carboxylic acids is 2. The Labute approximate surface area is 193 Å². The van der Waals surface area contributed by atoms with Crippen molar-refractivity contribution in [1.82, 2.24) is 4.90 Å². The van der Waals surface area contributed by atoms with Crippen molar-refractivity contribution in [3.63, 3.8) is 0 Å². The Morgan fingerprint density at radius 2 is 1.93 bits per heavy atom. The van der Waals surface area contributed by atoms with Gasteiger partial charge >= 0.3 is 5.97 Å². The van der Waals surface area contributed by atoms with Gasteiger partial charge in [0, 0.05) is 0 Å². The molecule has 2 aromatic carbocycles. The molecule has 2 amide bonds. The summed E-state index contributed by atoms with van der Waals surface area (Å²) >= 11 is 14.7. The number of thioether (sulfide) groups is 1. The summed E-state index contributed by atoms with van der Waals surface area (Å²) in [5, 5.41) is 9.14. The Kier molecular flexibility index (Phi) is 7.10. The molecule has 6 nitrogen and oxygen atoms in total. The smallest absolute Gasteiger partial charge is 0.323 e. The predicted molar refractivity (Wildman–Crippen MR) is 120 cm³/mol. The summed E-state index contributed by atoms with van der Waals surface area (Å²) in [4.78, 5) is 35.7. The van der Waals surface area contributed by atoms with E-state index in [4.69, 9.17) is 33.0 Å². The number of imide groups is 1.